The van der Waals surface area contributed by atoms with Crippen molar-refractivity contribution in [2.45, 2.75) is 36.7 Å². The van der Waals surface area contributed by atoms with Gasteiger partial charge in [0, 0.05) is 37.1 Å². The number of thiophene rings is 1. The number of carbonyl (C=O) groups excluding carboxylic acids is 1. The van der Waals surface area contributed by atoms with Crippen LogP contribution in [0.5, 0.6) is 0 Å². The molecule has 0 unspecified atom stereocenters. The first-order valence-electron chi connectivity index (χ1n) is 9.85. The number of piperidine rings is 1. The standard InChI is InChI=1S/C20H23ClFN3O3S2/c21-17-11-16(1-2-18(17)22)30(27,28)23-12-20(26)24-7-3-15(4-8-24)25-9-5-19-14(13-25)6-10-29-19/h1-2,6,10-11,15,23H,3-5,7-9,12-13H2. The predicted octanol–water partition coefficient (Wildman–Crippen LogP) is 2.87. The molecule has 1 amide bonds. The van der Waals surface area contributed by atoms with Gasteiger partial charge in [-0.3, -0.25) is 9.69 Å². The summed E-state index contributed by atoms with van der Waals surface area (Å²) in [7, 11) is -3.94. The van der Waals surface area contributed by atoms with E-state index in [4.69, 9.17) is 11.6 Å². The van der Waals surface area contributed by atoms with Gasteiger partial charge in [0.2, 0.25) is 15.9 Å². The Labute approximate surface area is 184 Å². The number of halogens is 2. The minimum atomic E-state index is -3.94. The molecule has 1 saturated heterocycles. The number of hydrogen-bond donors (Lipinski definition) is 1. The lowest BCUT2D eigenvalue weighted by Gasteiger charge is -2.40. The normalized spacial score (nSPS) is 18.4. The summed E-state index contributed by atoms with van der Waals surface area (Å²) in [5, 5.41) is 1.87. The third-order valence-corrected chi connectivity index (χ3v) is 8.50. The van der Waals surface area contributed by atoms with Crippen LogP contribution < -0.4 is 4.72 Å². The third-order valence-electron chi connectivity index (χ3n) is 5.79. The molecule has 10 heteroatoms. The van der Waals surface area contributed by atoms with E-state index in [1.807, 2.05) is 11.3 Å². The highest BCUT2D eigenvalue weighted by Gasteiger charge is 2.29. The molecule has 1 fully saturated rings. The first-order chi connectivity index (χ1) is 14.3. The highest BCUT2D eigenvalue weighted by molar-refractivity contribution is 7.89. The van der Waals surface area contributed by atoms with Crippen molar-refractivity contribution >= 4 is 38.9 Å². The van der Waals surface area contributed by atoms with Crippen molar-refractivity contribution in [3.05, 3.63) is 50.9 Å². The third kappa shape index (κ3) is 4.70. The maximum absolute atomic E-state index is 13.3. The Morgan fingerprint density at radius 2 is 2.00 bits per heavy atom. The van der Waals surface area contributed by atoms with Crippen molar-refractivity contribution < 1.29 is 17.6 Å². The molecule has 0 aliphatic carbocycles. The van der Waals surface area contributed by atoms with Crippen molar-refractivity contribution in [3.8, 4) is 0 Å². The van der Waals surface area contributed by atoms with Crippen molar-refractivity contribution in [1.29, 1.82) is 0 Å². The van der Waals surface area contributed by atoms with Gasteiger partial charge in [-0.2, -0.15) is 0 Å². The van der Waals surface area contributed by atoms with Crippen molar-refractivity contribution in [3.63, 3.8) is 0 Å². The first kappa shape index (κ1) is 21.7. The van der Waals surface area contributed by atoms with Crippen LogP contribution in [0.25, 0.3) is 0 Å². The van der Waals surface area contributed by atoms with Gasteiger partial charge in [0.15, 0.2) is 0 Å². The highest BCUT2D eigenvalue weighted by Crippen LogP contribution is 2.28. The number of benzene rings is 1. The molecular formula is C20H23ClFN3O3S2. The molecule has 0 atom stereocenters. The molecule has 6 nitrogen and oxygen atoms in total. The van der Waals surface area contributed by atoms with Gasteiger partial charge in [-0.25, -0.2) is 17.5 Å². The Hall–Kier alpha value is -1.52. The number of nitrogens with zero attached hydrogens (tertiary/aromatic N) is 2. The number of nitrogens with one attached hydrogen (secondary N) is 1. The molecule has 1 aromatic carbocycles. The number of sulfonamides is 1. The minimum Gasteiger partial charge on any atom is -0.341 e. The van der Waals surface area contributed by atoms with E-state index >= 15 is 0 Å². The second-order valence-corrected chi connectivity index (χ2v) is 10.8. The largest absolute Gasteiger partial charge is 0.341 e. The van der Waals surface area contributed by atoms with E-state index in [1.54, 1.807) is 4.90 Å². The lowest BCUT2D eigenvalue weighted by Crippen LogP contribution is -2.49. The predicted molar refractivity (Wildman–Crippen MR) is 115 cm³/mol. The molecule has 3 heterocycles. The zero-order valence-corrected chi connectivity index (χ0v) is 18.7. The number of amides is 1. The van der Waals surface area contributed by atoms with Crippen molar-refractivity contribution in [2.24, 2.45) is 0 Å². The van der Waals surface area contributed by atoms with Crippen LogP contribution in [0.4, 0.5) is 4.39 Å². The minimum absolute atomic E-state index is 0.168. The van der Waals surface area contributed by atoms with E-state index < -0.39 is 15.8 Å². The van der Waals surface area contributed by atoms with Gasteiger partial charge in [-0.15, -0.1) is 11.3 Å². The summed E-state index contributed by atoms with van der Waals surface area (Å²) in [6.45, 7) is 2.91. The molecule has 1 N–H and O–H groups in total. The summed E-state index contributed by atoms with van der Waals surface area (Å²) in [5.41, 5.74) is 1.42. The summed E-state index contributed by atoms with van der Waals surface area (Å²) < 4.78 is 40.3. The number of rotatable bonds is 5. The summed E-state index contributed by atoms with van der Waals surface area (Å²) in [5.74, 6) is -0.956. The van der Waals surface area contributed by atoms with Gasteiger partial charge in [-0.05, 0) is 54.5 Å². The van der Waals surface area contributed by atoms with Crippen LogP contribution in [0.2, 0.25) is 5.02 Å². The maximum Gasteiger partial charge on any atom is 0.241 e. The fraction of sp³-hybridized carbons (Fsp3) is 0.450. The molecule has 0 bridgehead atoms. The maximum atomic E-state index is 13.3. The molecule has 0 saturated carbocycles. The Morgan fingerprint density at radius 1 is 1.23 bits per heavy atom. The van der Waals surface area contributed by atoms with Gasteiger partial charge in [-0.1, -0.05) is 11.6 Å². The quantitative estimate of drug-likeness (QED) is 0.728. The van der Waals surface area contributed by atoms with E-state index in [0.717, 1.165) is 50.6 Å². The monoisotopic (exact) mass is 471 g/mol. The fourth-order valence-corrected chi connectivity index (χ4v) is 6.19. The zero-order chi connectivity index (χ0) is 21.3. The number of carbonyl (C=O) groups is 1. The van der Waals surface area contributed by atoms with Crippen LogP contribution in [-0.2, 0) is 27.8 Å². The van der Waals surface area contributed by atoms with E-state index in [-0.39, 0.29) is 22.4 Å². The zero-order valence-electron chi connectivity index (χ0n) is 16.3. The van der Waals surface area contributed by atoms with E-state index in [0.29, 0.717) is 19.1 Å². The van der Waals surface area contributed by atoms with Gasteiger partial charge < -0.3 is 4.90 Å². The molecule has 4 rings (SSSR count). The second-order valence-electron chi connectivity index (χ2n) is 7.60. The Bertz CT molecular complexity index is 1040. The molecular weight excluding hydrogens is 449 g/mol. The van der Waals surface area contributed by atoms with E-state index in [2.05, 4.69) is 21.1 Å². The highest BCUT2D eigenvalue weighted by atomic mass is 35.5. The van der Waals surface area contributed by atoms with Crippen LogP contribution in [0.1, 0.15) is 23.3 Å². The average molecular weight is 472 g/mol. The lowest BCUT2D eigenvalue weighted by atomic mass is 9.99. The SMILES string of the molecule is O=C(CNS(=O)(=O)c1ccc(F)c(Cl)c1)N1CCC(N2CCc3sccc3C2)CC1. The smallest absolute Gasteiger partial charge is 0.241 e. The number of fused-ring (bicyclic) bond motifs is 1. The summed E-state index contributed by atoms with van der Waals surface area (Å²) in [6, 6.07) is 5.79. The molecule has 162 valence electrons. The first-order valence-corrected chi connectivity index (χ1v) is 12.6. The molecule has 2 aliphatic rings. The van der Waals surface area contributed by atoms with E-state index in [1.165, 1.54) is 10.4 Å². The van der Waals surface area contributed by atoms with Crippen LogP contribution in [0.15, 0.2) is 34.5 Å². The van der Waals surface area contributed by atoms with Crippen molar-refractivity contribution in [1.82, 2.24) is 14.5 Å². The Morgan fingerprint density at radius 3 is 2.73 bits per heavy atom. The van der Waals surface area contributed by atoms with Gasteiger partial charge in [0.05, 0.1) is 16.5 Å². The molecule has 30 heavy (non-hydrogen) atoms. The average Bonchev–Trinajstić information content (AvgIpc) is 3.22. The lowest BCUT2D eigenvalue weighted by molar-refractivity contribution is -0.131. The number of likely N-dealkylation sites (tertiary alicyclic amines) is 1. The summed E-state index contributed by atoms with van der Waals surface area (Å²) in [6.07, 6.45) is 2.85. The topological polar surface area (TPSA) is 69.7 Å². The van der Waals surface area contributed by atoms with Crippen LogP contribution >= 0.6 is 22.9 Å². The van der Waals surface area contributed by atoms with Crippen LogP contribution in [0, 0.1) is 5.82 Å². The van der Waals surface area contributed by atoms with Gasteiger partial charge in [0.25, 0.3) is 0 Å². The second kappa shape index (κ2) is 8.92. The molecule has 2 aliphatic heterocycles. The Balaban J connectivity index is 1.28. The van der Waals surface area contributed by atoms with Gasteiger partial charge in [0.1, 0.15) is 5.82 Å². The summed E-state index contributed by atoms with van der Waals surface area (Å²) >= 11 is 7.48. The van der Waals surface area contributed by atoms with Crippen LogP contribution in [-0.4, -0.2) is 56.3 Å². The van der Waals surface area contributed by atoms with Gasteiger partial charge >= 0.3 is 0 Å². The summed E-state index contributed by atoms with van der Waals surface area (Å²) in [4.78, 5) is 18.0. The molecule has 0 radical (unpaired) electrons. The molecule has 0 spiro atoms. The van der Waals surface area contributed by atoms with Crippen molar-refractivity contribution in [2.75, 3.05) is 26.2 Å². The van der Waals surface area contributed by atoms with E-state index in [9.17, 15) is 17.6 Å². The fourth-order valence-electron chi connectivity index (χ4n) is 4.06. The number of hydrogen-bond acceptors (Lipinski definition) is 5. The van der Waals surface area contributed by atoms with Crippen LogP contribution in [0.3, 0.4) is 0 Å². The molecule has 1 aromatic heterocycles. The Kier molecular flexibility index (Phi) is 6.45. The molecule has 2 aromatic rings.